The van der Waals surface area contributed by atoms with Crippen LogP contribution < -0.4 is 10.6 Å². The summed E-state index contributed by atoms with van der Waals surface area (Å²) in [4.78, 5) is 9.17. The van der Waals surface area contributed by atoms with Crippen molar-refractivity contribution >= 4 is 29.9 Å². The number of piperidine rings is 2. The van der Waals surface area contributed by atoms with Gasteiger partial charge in [0.15, 0.2) is 17.6 Å². The largest absolute Gasteiger partial charge is 0.383 e. The molecule has 2 N–H and O–H groups in total. The fourth-order valence-corrected chi connectivity index (χ4v) is 4.40. The third-order valence-corrected chi connectivity index (χ3v) is 6.42. The molecule has 0 aliphatic carbocycles. The van der Waals surface area contributed by atoms with Gasteiger partial charge in [-0.25, -0.2) is 8.78 Å². The highest BCUT2D eigenvalue weighted by molar-refractivity contribution is 14.0. The Kier molecular flexibility index (Phi) is 12.1. The van der Waals surface area contributed by atoms with Crippen LogP contribution in [0.3, 0.4) is 0 Å². The zero-order valence-corrected chi connectivity index (χ0v) is 21.6. The van der Waals surface area contributed by atoms with Gasteiger partial charge in [0.2, 0.25) is 0 Å². The topological polar surface area (TPSA) is 52.1 Å². The molecule has 2 fully saturated rings. The van der Waals surface area contributed by atoms with Gasteiger partial charge in [-0.05, 0) is 62.4 Å². The molecule has 2 heterocycles. The summed E-state index contributed by atoms with van der Waals surface area (Å²) < 4.78 is 31.7. The summed E-state index contributed by atoms with van der Waals surface area (Å²) in [5.41, 5.74) is 0.816. The number of likely N-dealkylation sites (tertiary alicyclic amines) is 2. The van der Waals surface area contributed by atoms with Gasteiger partial charge in [0.25, 0.3) is 0 Å². The molecule has 6 nitrogen and oxygen atoms in total. The second-order valence-corrected chi connectivity index (χ2v) is 8.67. The molecule has 0 spiro atoms. The van der Waals surface area contributed by atoms with E-state index in [0.717, 1.165) is 70.2 Å². The number of methoxy groups -OCH3 is 1. The van der Waals surface area contributed by atoms with E-state index in [4.69, 9.17) is 4.74 Å². The average molecular weight is 565 g/mol. The number of benzene rings is 1. The second-order valence-electron chi connectivity index (χ2n) is 8.67. The Labute approximate surface area is 208 Å². The van der Waals surface area contributed by atoms with Crippen molar-refractivity contribution in [1.29, 1.82) is 0 Å². The van der Waals surface area contributed by atoms with Crippen molar-refractivity contribution in [3.05, 3.63) is 35.4 Å². The molecule has 3 rings (SSSR count). The number of guanidine groups is 1. The second kappa shape index (κ2) is 14.3. The SMILES string of the molecule is CN=C(NCC1CCN(CCOC)CC1)NC1CCN(Cc2ccc(F)c(F)c2)CC1.I. The van der Waals surface area contributed by atoms with Crippen LogP contribution in [0.1, 0.15) is 31.2 Å². The van der Waals surface area contributed by atoms with Crippen molar-refractivity contribution < 1.29 is 13.5 Å². The molecule has 0 saturated carbocycles. The van der Waals surface area contributed by atoms with Crippen molar-refractivity contribution in [2.24, 2.45) is 10.9 Å². The van der Waals surface area contributed by atoms with Crippen LogP contribution in [0.2, 0.25) is 0 Å². The minimum absolute atomic E-state index is 0. The summed E-state index contributed by atoms with van der Waals surface area (Å²) in [6.45, 7) is 7.55. The van der Waals surface area contributed by atoms with Crippen LogP contribution in [-0.2, 0) is 11.3 Å². The van der Waals surface area contributed by atoms with E-state index in [-0.39, 0.29) is 24.0 Å². The first kappa shape index (κ1) is 27.2. The fraction of sp³-hybridized carbons (Fsp3) is 0.696. The van der Waals surface area contributed by atoms with Crippen LogP contribution in [0.5, 0.6) is 0 Å². The predicted molar refractivity (Wildman–Crippen MR) is 136 cm³/mol. The van der Waals surface area contributed by atoms with E-state index in [2.05, 4.69) is 25.4 Å². The van der Waals surface area contributed by atoms with Gasteiger partial charge in [-0.2, -0.15) is 0 Å². The highest BCUT2D eigenvalue weighted by Gasteiger charge is 2.22. The lowest BCUT2D eigenvalue weighted by atomic mass is 9.97. The summed E-state index contributed by atoms with van der Waals surface area (Å²) in [5, 5.41) is 7.07. The lowest BCUT2D eigenvalue weighted by Gasteiger charge is -2.34. The number of halogens is 3. The quantitative estimate of drug-likeness (QED) is 0.289. The summed E-state index contributed by atoms with van der Waals surface area (Å²) in [6, 6.07) is 4.55. The molecule has 0 amide bonds. The van der Waals surface area contributed by atoms with Crippen LogP contribution in [0.25, 0.3) is 0 Å². The lowest BCUT2D eigenvalue weighted by Crippen LogP contribution is -2.49. The van der Waals surface area contributed by atoms with Crippen molar-refractivity contribution in [2.45, 2.75) is 38.3 Å². The maximum Gasteiger partial charge on any atom is 0.191 e. The third kappa shape index (κ3) is 8.72. The Morgan fingerprint density at radius 2 is 1.75 bits per heavy atom. The number of ether oxygens (including phenoxy) is 1. The summed E-state index contributed by atoms with van der Waals surface area (Å²) in [5.74, 6) is -0.0112. The zero-order chi connectivity index (χ0) is 22.1. The van der Waals surface area contributed by atoms with E-state index in [1.165, 1.54) is 25.0 Å². The smallest absolute Gasteiger partial charge is 0.191 e. The van der Waals surface area contributed by atoms with Crippen molar-refractivity contribution in [3.8, 4) is 0 Å². The van der Waals surface area contributed by atoms with Gasteiger partial charge in [-0.3, -0.25) is 9.89 Å². The molecule has 9 heteroatoms. The average Bonchev–Trinajstić information content (AvgIpc) is 2.79. The van der Waals surface area contributed by atoms with Gasteiger partial charge in [0, 0.05) is 52.9 Å². The molecular weight excluding hydrogens is 527 g/mol. The Morgan fingerprint density at radius 3 is 2.38 bits per heavy atom. The van der Waals surface area contributed by atoms with Crippen LogP contribution in [-0.4, -0.2) is 81.8 Å². The third-order valence-electron chi connectivity index (χ3n) is 6.42. The number of nitrogens with one attached hydrogen (secondary N) is 2. The van der Waals surface area contributed by atoms with E-state index in [0.29, 0.717) is 18.5 Å². The molecule has 0 radical (unpaired) electrons. The zero-order valence-electron chi connectivity index (χ0n) is 19.3. The fourth-order valence-electron chi connectivity index (χ4n) is 4.40. The van der Waals surface area contributed by atoms with E-state index >= 15 is 0 Å². The normalized spacial score (nSPS) is 19.6. The standard InChI is InChI=1S/C23H37F2N5O.HI/c1-26-23(27-16-18-5-9-29(10-6-18)13-14-31-2)28-20-7-11-30(12-8-20)17-19-3-4-21(24)22(25)15-19;/h3-4,15,18,20H,5-14,16-17H2,1-2H3,(H2,26,27,28);1H. The molecule has 0 aromatic heterocycles. The molecule has 2 aliphatic rings. The molecule has 32 heavy (non-hydrogen) atoms. The van der Waals surface area contributed by atoms with Crippen LogP contribution in [0.15, 0.2) is 23.2 Å². The molecule has 1 aromatic carbocycles. The van der Waals surface area contributed by atoms with Crippen molar-refractivity contribution in [2.75, 3.05) is 60.0 Å². The minimum atomic E-state index is -0.790. The predicted octanol–water partition coefficient (Wildman–Crippen LogP) is 3.07. The van der Waals surface area contributed by atoms with E-state index in [1.54, 1.807) is 13.2 Å². The molecule has 0 atom stereocenters. The summed E-state index contributed by atoms with van der Waals surface area (Å²) in [6.07, 6.45) is 4.41. The molecule has 0 bridgehead atoms. The highest BCUT2D eigenvalue weighted by Crippen LogP contribution is 2.17. The number of rotatable bonds is 8. The Morgan fingerprint density at radius 1 is 1.06 bits per heavy atom. The first-order valence-electron chi connectivity index (χ1n) is 11.4. The van der Waals surface area contributed by atoms with Gasteiger partial charge >= 0.3 is 0 Å². The van der Waals surface area contributed by atoms with Gasteiger partial charge in [-0.15, -0.1) is 24.0 Å². The molecule has 0 unspecified atom stereocenters. The number of aliphatic imine (C=N–C) groups is 1. The first-order valence-corrected chi connectivity index (χ1v) is 11.4. The Balaban J connectivity index is 0.00000363. The van der Waals surface area contributed by atoms with Crippen LogP contribution in [0, 0.1) is 17.6 Å². The van der Waals surface area contributed by atoms with Crippen LogP contribution in [0.4, 0.5) is 8.78 Å². The Bertz CT molecular complexity index is 708. The maximum absolute atomic E-state index is 13.4. The van der Waals surface area contributed by atoms with Crippen molar-refractivity contribution in [3.63, 3.8) is 0 Å². The summed E-state index contributed by atoms with van der Waals surface area (Å²) in [7, 11) is 3.58. The highest BCUT2D eigenvalue weighted by atomic mass is 127. The molecule has 182 valence electrons. The number of hydrogen-bond acceptors (Lipinski definition) is 4. The van der Waals surface area contributed by atoms with Gasteiger partial charge in [-0.1, -0.05) is 6.07 Å². The number of hydrogen-bond donors (Lipinski definition) is 2. The first-order chi connectivity index (χ1) is 15.1. The molecule has 1 aromatic rings. The van der Waals surface area contributed by atoms with E-state index in [1.807, 2.05) is 7.05 Å². The Hall–Kier alpha value is -1.04. The monoisotopic (exact) mass is 565 g/mol. The van der Waals surface area contributed by atoms with Crippen molar-refractivity contribution in [1.82, 2.24) is 20.4 Å². The van der Waals surface area contributed by atoms with Gasteiger partial charge in [0.1, 0.15) is 0 Å². The minimum Gasteiger partial charge on any atom is -0.383 e. The van der Waals surface area contributed by atoms with Gasteiger partial charge < -0.3 is 20.3 Å². The maximum atomic E-state index is 13.4. The number of nitrogens with zero attached hydrogens (tertiary/aromatic N) is 3. The van der Waals surface area contributed by atoms with Crippen LogP contribution >= 0.6 is 24.0 Å². The summed E-state index contributed by atoms with van der Waals surface area (Å²) >= 11 is 0. The van der Waals surface area contributed by atoms with E-state index in [9.17, 15) is 8.78 Å². The lowest BCUT2D eigenvalue weighted by molar-refractivity contribution is 0.120. The van der Waals surface area contributed by atoms with Gasteiger partial charge in [0.05, 0.1) is 6.61 Å². The molecule has 2 aliphatic heterocycles. The van der Waals surface area contributed by atoms with E-state index < -0.39 is 11.6 Å². The molecular formula is C23H38F2IN5O. The molecule has 2 saturated heterocycles.